The van der Waals surface area contributed by atoms with Crippen molar-refractivity contribution in [3.8, 4) is 17.2 Å². The number of carbonyl (C=O) groups excluding carboxylic acids is 3. The van der Waals surface area contributed by atoms with Crippen molar-refractivity contribution in [2.75, 3.05) is 54.1 Å². The van der Waals surface area contributed by atoms with Crippen LogP contribution in [0.4, 0.5) is 4.39 Å². The van der Waals surface area contributed by atoms with Gasteiger partial charge in [-0.05, 0) is 24.3 Å². The monoisotopic (exact) mass is 459 g/mol. The molecule has 33 heavy (non-hydrogen) atoms. The average molecular weight is 459 g/mol. The first-order valence-electron chi connectivity index (χ1n) is 10.3. The third kappa shape index (κ3) is 5.33. The highest BCUT2D eigenvalue weighted by Gasteiger charge is 2.26. The van der Waals surface area contributed by atoms with Gasteiger partial charge in [-0.15, -0.1) is 0 Å². The van der Waals surface area contributed by atoms with Crippen molar-refractivity contribution in [1.82, 2.24) is 15.1 Å². The van der Waals surface area contributed by atoms with E-state index in [1.165, 1.54) is 56.6 Å². The molecule has 10 heteroatoms. The molecule has 1 N–H and O–H groups in total. The Bertz CT molecular complexity index is 1010. The molecule has 2 aromatic carbocycles. The SMILES string of the molecule is COc1cc(C(=O)NCC(=O)N2CCN(C(=O)c3ccccc3F)CC2)cc(OC)c1OC. The third-order valence-corrected chi connectivity index (χ3v) is 5.35. The predicted molar refractivity (Wildman–Crippen MR) is 117 cm³/mol. The summed E-state index contributed by atoms with van der Waals surface area (Å²) in [5, 5.41) is 2.59. The zero-order valence-electron chi connectivity index (χ0n) is 18.7. The lowest BCUT2D eigenvalue weighted by molar-refractivity contribution is -0.131. The van der Waals surface area contributed by atoms with Crippen molar-refractivity contribution < 1.29 is 33.0 Å². The van der Waals surface area contributed by atoms with Gasteiger partial charge in [0, 0.05) is 31.7 Å². The largest absolute Gasteiger partial charge is 0.493 e. The number of methoxy groups -OCH3 is 3. The smallest absolute Gasteiger partial charge is 0.256 e. The number of nitrogens with zero attached hydrogens (tertiary/aromatic N) is 2. The second-order valence-electron chi connectivity index (χ2n) is 7.25. The van der Waals surface area contributed by atoms with Gasteiger partial charge in [0.05, 0.1) is 33.4 Å². The highest BCUT2D eigenvalue weighted by Crippen LogP contribution is 2.38. The van der Waals surface area contributed by atoms with Crippen LogP contribution in [0, 0.1) is 5.82 Å². The van der Waals surface area contributed by atoms with E-state index in [9.17, 15) is 18.8 Å². The lowest BCUT2D eigenvalue weighted by Gasteiger charge is -2.35. The molecule has 0 saturated carbocycles. The number of halogens is 1. The zero-order valence-corrected chi connectivity index (χ0v) is 18.7. The summed E-state index contributed by atoms with van der Waals surface area (Å²) in [4.78, 5) is 40.7. The van der Waals surface area contributed by atoms with Crippen molar-refractivity contribution in [2.45, 2.75) is 0 Å². The minimum atomic E-state index is -0.574. The number of benzene rings is 2. The molecule has 3 amide bonds. The van der Waals surface area contributed by atoms with E-state index in [1.807, 2.05) is 0 Å². The number of amides is 3. The molecule has 2 aromatic rings. The van der Waals surface area contributed by atoms with Gasteiger partial charge in [-0.25, -0.2) is 4.39 Å². The van der Waals surface area contributed by atoms with Crippen LogP contribution in [0.15, 0.2) is 36.4 Å². The maximum Gasteiger partial charge on any atom is 0.256 e. The van der Waals surface area contributed by atoms with Crippen LogP contribution in [0.25, 0.3) is 0 Å². The number of ether oxygens (including phenoxy) is 3. The van der Waals surface area contributed by atoms with Gasteiger partial charge < -0.3 is 29.3 Å². The van der Waals surface area contributed by atoms with Crippen LogP contribution >= 0.6 is 0 Å². The summed E-state index contributed by atoms with van der Waals surface area (Å²) in [7, 11) is 4.35. The van der Waals surface area contributed by atoms with Crippen LogP contribution in [-0.4, -0.2) is 81.6 Å². The molecular weight excluding hydrogens is 433 g/mol. The fourth-order valence-electron chi connectivity index (χ4n) is 3.55. The molecule has 176 valence electrons. The number of hydrogen-bond acceptors (Lipinski definition) is 6. The molecule has 0 atom stereocenters. The Morgan fingerprint density at radius 2 is 1.48 bits per heavy atom. The van der Waals surface area contributed by atoms with Crippen LogP contribution in [0.3, 0.4) is 0 Å². The molecule has 1 aliphatic heterocycles. The zero-order chi connectivity index (χ0) is 24.0. The minimum Gasteiger partial charge on any atom is -0.493 e. The van der Waals surface area contributed by atoms with Crippen LogP contribution in [0.2, 0.25) is 0 Å². The average Bonchev–Trinajstić information content (AvgIpc) is 2.85. The van der Waals surface area contributed by atoms with Gasteiger partial charge >= 0.3 is 0 Å². The number of hydrogen-bond donors (Lipinski definition) is 1. The molecule has 1 heterocycles. The first kappa shape index (κ1) is 23.8. The molecule has 0 aromatic heterocycles. The maximum atomic E-state index is 13.9. The molecular formula is C23H26FN3O6. The Labute approximate surface area is 191 Å². The van der Waals surface area contributed by atoms with E-state index in [0.717, 1.165) is 0 Å². The summed E-state index contributed by atoms with van der Waals surface area (Å²) in [5.74, 6) is -0.737. The molecule has 9 nitrogen and oxygen atoms in total. The van der Waals surface area contributed by atoms with Crippen LogP contribution in [0.1, 0.15) is 20.7 Å². The van der Waals surface area contributed by atoms with E-state index < -0.39 is 17.6 Å². The standard InChI is InChI=1S/C23H26FN3O6/c1-31-18-12-15(13-19(32-2)21(18)33-3)22(29)25-14-20(28)26-8-10-27(11-9-26)23(30)16-6-4-5-7-17(16)24/h4-7,12-13H,8-11,14H2,1-3H3,(H,25,29). The second-order valence-corrected chi connectivity index (χ2v) is 7.25. The Kier molecular flexibility index (Phi) is 7.70. The van der Waals surface area contributed by atoms with Crippen molar-refractivity contribution in [3.05, 3.63) is 53.3 Å². The van der Waals surface area contributed by atoms with Gasteiger partial charge in [0.2, 0.25) is 11.7 Å². The summed E-state index contributed by atoms with van der Waals surface area (Å²) in [6.45, 7) is 0.925. The minimum absolute atomic E-state index is 0.00916. The van der Waals surface area contributed by atoms with E-state index in [1.54, 1.807) is 11.0 Å². The summed E-state index contributed by atoms with van der Waals surface area (Å²) in [6.07, 6.45) is 0. The van der Waals surface area contributed by atoms with Gasteiger partial charge in [-0.1, -0.05) is 12.1 Å². The Hall–Kier alpha value is -3.82. The summed E-state index contributed by atoms with van der Waals surface area (Å²) in [6, 6.07) is 8.79. The Morgan fingerprint density at radius 3 is 2.03 bits per heavy atom. The Morgan fingerprint density at radius 1 is 0.909 bits per heavy atom. The van der Waals surface area contributed by atoms with E-state index in [2.05, 4.69) is 5.32 Å². The van der Waals surface area contributed by atoms with Crippen LogP contribution in [-0.2, 0) is 4.79 Å². The molecule has 1 aliphatic rings. The van der Waals surface area contributed by atoms with Crippen molar-refractivity contribution in [1.29, 1.82) is 0 Å². The molecule has 0 aliphatic carbocycles. The fraction of sp³-hybridized carbons (Fsp3) is 0.348. The molecule has 1 fully saturated rings. The van der Waals surface area contributed by atoms with Crippen LogP contribution < -0.4 is 19.5 Å². The number of piperazine rings is 1. The van der Waals surface area contributed by atoms with Gasteiger partial charge in [-0.3, -0.25) is 14.4 Å². The molecule has 1 saturated heterocycles. The highest BCUT2D eigenvalue weighted by atomic mass is 19.1. The lowest BCUT2D eigenvalue weighted by atomic mass is 10.1. The van der Waals surface area contributed by atoms with Gasteiger partial charge in [0.25, 0.3) is 11.8 Å². The van der Waals surface area contributed by atoms with E-state index in [4.69, 9.17) is 14.2 Å². The van der Waals surface area contributed by atoms with Crippen molar-refractivity contribution in [3.63, 3.8) is 0 Å². The molecule has 0 radical (unpaired) electrons. The quantitative estimate of drug-likeness (QED) is 0.675. The van der Waals surface area contributed by atoms with Gasteiger partial charge in [0.15, 0.2) is 11.5 Å². The summed E-state index contributed by atoms with van der Waals surface area (Å²) >= 11 is 0. The molecule has 0 bridgehead atoms. The highest BCUT2D eigenvalue weighted by molar-refractivity contribution is 5.98. The van der Waals surface area contributed by atoms with Gasteiger partial charge in [-0.2, -0.15) is 0 Å². The topological polar surface area (TPSA) is 97.4 Å². The summed E-state index contributed by atoms with van der Waals surface area (Å²) < 4.78 is 29.6. The number of nitrogens with one attached hydrogen (secondary N) is 1. The Balaban J connectivity index is 1.55. The van der Waals surface area contributed by atoms with Crippen LogP contribution in [0.5, 0.6) is 17.2 Å². The first-order valence-corrected chi connectivity index (χ1v) is 10.3. The molecule has 0 spiro atoms. The normalized spacial score (nSPS) is 13.3. The van der Waals surface area contributed by atoms with Crippen molar-refractivity contribution >= 4 is 17.7 Å². The number of carbonyl (C=O) groups is 3. The van der Waals surface area contributed by atoms with E-state index in [-0.39, 0.29) is 36.7 Å². The fourth-order valence-corrected chi connectivity index (χ4v) is 3.55. The number of rotatable bonds is 7. The van der Waals surface area contributed by atoms with E-state index in [0.29, 0.717) is 30.3 Å². The maximum absolute atomic E-state index is 13.9. The van der Waals surface area contributed by atoms with Crippen molar-refractivity contribution in [2.24, 2.45) is 0 Å². The molecule has 0 unspecified atom stereocenters. The summed E-state index contributed by atoms with van der Waals surface area (Å²) in [5.41, 5.74) is 0.257. The third-order valence-electron chi connectivity index (χ3n) is 5.35. The predicted octanol–water partition coefficient (Wildman–Crippen LogP) is 1.57. The lowest BCUT2D eigenvalue weighted by Crippen LogP contribution is -2.52. The van der Waals surface area contributed by atoms with E-state index >= 15 is 0 Å². The molecule has 3 rings (SSSR count). The first-order chi connectivity index (χ1) is 15.9. The van der Waals surface area contributed by atoms with Gasteiger partial charge in [0.1, 0.15) is 5.82 Å². The second kappa shape index (κ2) is 10.7.